The Morgan fingerprint density at radius 3 is 3.05 bits per heavy atom. The van der Waals surface area contributed by atoms with Crippen LogP contribution in [0.15, 0.2) is 24.5 Å². The molecule has 1 aliphatic rings. The van der Waals surface area contributed by atoms with E-state index in [4.69, 9.17) is 4.74 Å². The highest BCUT2D eigenvalue weighted by Gasteiger charge is 2.26. The molecule has 2 heterocycles. The van der Waals surface area contributed by atoms with E-state index in [-0.39, 0.29) is 6.61 Å². The van der Waals surface area contributed by atoms with Crippen molar-refractivity contribution in [2.24, 2.45) is 0 Å². The van der Waals surface area contributed by atoms with Crippen LogP contribution in [0.5, 0.6) is 0 Å². The van der Waals surface area contributed by atoms with Gasteiger partial charge < -0.3 is 4.74 Å². The molecule has 0 amide bonds. The highest BCUT2D eigenvalue weighted by molar-refractivity contribution is 5.89. The second kappa shape index (κ2) is 6.03. The van der Waals surface area contributed by atoms with E-state index in [9.17, 15) is 9.18 Å². The van der Waals surface area contributed by atoms with E-state index in [1.165, 1.54) is 12.6 Å². The van der Waals surface area contributed by atoms with E-state index >= 15 is 0 Å². The molecule has 0 bridgehead atoms. The van der Waals surface area contributed by atoms with E-state index < -0.39 is 11.9 Å². The monoisotopic (exact) mass is 289 g/mol. The maximum atomic E-state index is 13.3. The summed E-state index contributed by atoms with van der Waals surface area (Å²) in [5, 5.41) is 6.63. The summed E-state index contributed by atoms with van der Waals surface area (Å²) in [5.41, 5.74) is 1.79. The highest BCUT2D eigenvalue weighted by Crippen LogP contribution is 2.37. The zero-order chi connectivity index (χ0) is 14.7. The number of halogens is 1. The van der Waals surface area contributed by atoms with Crippen LogP contribution >= 0.6 is 0 Å². The van der Waals surface area contributed by atoms with Gasteiger partial charge in [0.2, 0.25) is 5.95 Å². The number of hydrogen-bond donors (Lipinski definition) is 1. The van der Waals surface area contributed by atoms with Crippen molar-refractivity contribution in [1.29, 1.82) is 0 Å². The predicted molar refractivity (Wildman–Crippen MR) is 73.4 cm³/mol. The Morgan fingerprint density at radius 2 is 2.33 bits per heavy atom. The van der Waals surface area contributed by atoms with Crippen LogP contribution < -0.4 is 0 Å². The maximum absolute atomic E-state index is 13.3. The minimum Gasteiger partial charge on any atom is -0.461 e. The van der Waals surface area contributed by atoms with Gasteiger partial charge in [0.15, 0.2) is 0 Å². The molecule has 0 unspecified atom stereocenters. The Kier molecular flexibility index (Phi) is 3.94. The van der Waals surface area contributed by atoms with Crippen LogP contribution in [-0.4, -0.2) is 27.8 Å². The smallest absolute Gasteiger partial charge is 0.356 e. The molecular weight excluding hydrogens is 273 g/mol. The molecule has 2 aromatic heterocycles. The molecule has 21 heavy (non-hydrogen) atoms. The van der Waals surface area contributed by atoms with Crippen LogP contribution in [0.25, 0.3) is 0 Å². The van der Waals surface area contributed by atoms with Crippen LogP contribution in [-0.2, 0) is 11.2 Å². The largest absolute Gasteiger partial charge is 0.461 e. The van der Waals surface area contributed by atoms with Gasteiger partial charge in [0.05, 0.1) is 12.8 Å². The summed E-state index contributed by atoms with van der Waals surface area (Å²) >= 11 is 0. The van der Waals surface area contributed by atoms with E-state index in [1.807, 2.05) is 0 Å². The van der Waals surface area contributed by atoms with Gasteiger partial charge in [-0.1, -0.05) is 12.5 Å². The molecule has 1 N–H and O–H groups in total. The number of H-pyrrole nitrogens is 1. The van der Waals surface area contributed by atoms with Gasteiger partial charge in [-0.15, -0.1) is 0 Å². The molecule has 3 rings (SSSR count). The summed E-state index contributed by atoms with van der Waals surface area (Å²) in [6, 6.07) is 3.29. The lowest BCUT2D eigenvalue weighted by Crippen LogP contribution is -2.15. The van der Waals surface area contributed by atoms with Crippen LogP contribution in [0.2, 0.25) is 0 Å². The van der Waals surface area contributed by atoms with Crippen molar-refractivity contribution >= 4 is 5.97 Å². The molecule has 0 spiro atoms. The van der Waals surface area contributed by atoms with Gasteiger partial charge in [-0.2, -0.15) is 9.49 Å². The number of aromatic amines is 1. The van der Waals surface area contributed by atoms with E-state index in [0.717, 1.165) is 18.4 Å². The van der Waals surface area contributed by atoms with Gasteiger partial charge in [0.1, 0.15) is 5.69 Å². The Labute approximate surface area is 121 Å². The molecule has 1 aliphatic carbocycles. The minimum absolute atomic E-state index is 0.116. The van der Waals surface area contributed by atoms with Crippen LogP contribution in [0.3, 0.4) is 0 Å². The third-order valence-corrected chi connectivity index (χ3v) is 3.86. The first kappa shape index (κ1) is 13.7. The number of ether oxygens (including phenoxy) is 1. The number of carbonyl (C=O) groups excluding carboxylic acids is 1. The van der Waals surface area contributed by atoms with E-state index in [2.05, 4.69) is 15.2 Å². The lowest BCUT2D eigenvalue weighted by molar-refractivity contribution is 0.0498. The van der Waals surface area contributed by atoms with Crippen molar-refractivity contribution in [3.05, 3.63) is 47.3 Å². The third kappa shape index (κ3) is 2.94. The zero-order valence-electron chi connectivity index (χ0n) is 11.5. The fraction of sp³-hybridized carbons (Fsp3) is 0.400. The van der Waals surface area contributed by atoms with Crippen LogP contribution in [0.1, 0.15) is 46.8 Å². The zero-order valence-corrected chi connectivity index (χ0v) is 11.5. The van der Waals surface area contributed by atoms with Crippen LogP contribution in [0.4, 0.5) is 4.39 Å². The summed E-state index contributed by atoms with van der Waals surface area (Å²) in [5.74, 6) is -0.550. The van der Waals surface area contributed by atoms with Gasteiger partial charge in [-0.25, -0.2) is 9.78 Å². The second-order valence-electron chi connectivity index (χ2n) is 5.17. The van der Waals surface area contributed by atoms with Crippen LogP contribution in [0, 0.1) is 5.95 Å². The number of pyridine rings is 1. The number of esters is 1. The highest BCUT2D eigenvalue weighted by atomic mass is 19.1. The average Bonchev–Trinajstić information content (AvgIpc) is 2.88. The van der Waals surface area contributed by atoms with Crippen molar-refractivity contribution in [3.8, 4) is 0 Å². The van der Waals surface area contributed by atoms with Crippen molar-refractivity contribution in [1.82, 2.24) is 15.2 Å². The first-order valence-corrected chi connectivity index (χ1v) is 7.05. The third-order valence-electron chi connectivity index (χ3n) is 3.86. The molecule has 0 aliphatic heterocycles. The number of nitrogens with zero attached hydrogens (tertiary/aromatic N) is 2. The van der Waals surface area contributed by atoms with Crippen molar-refractivity contribution < 1.29 is 13.9 Å². The Morgan fingerprint density at radius 1 is 1.48 bits per heavy atom. The van der Waals surface area contributed by atoms with E-state index in [1.54, 1.807) is 18.3 Å². The Balaban J connectivity index is 1.57. The molecule has 1 saturated carbocycles. The number of carbonyl (C=O) groups is 1. The summed E-state index contributed by atoms with van der Waals surface area (Å²) < 4.78 is 18.5. The number of nitrogens with one attached hydrogen (secondary N) is 1. The quantitative estimate of drug-likeness (QED) is 0.678. The van der Waals surface area contributed by atoms with Crippen molar-refractivity contribution in [2.75, 3.05) is 6.61 Å². The standard InChI is InChI=1S/C15H16FN3O2/c16-14-11(5-2-7-17-14)6-8-21-15(20)13-12(9-18-19-13)10-3-1-4-10/h2,5,7,9-10H,1,3-4,6,8H2,(H,18,19). The first-order valence-electron chi connectivity index (χ1n) is 7.05. The first-order chi connectivity index (χ1) is 10.3. The molecule has 1 fully saturated rings. The van der Waals surface area contributed by atoms with Crippen molar-refractivity contribution in [2.45, 2.75) is 31.6 Å². The minimum atomic E-state index is -0.523. The van der Waals surface area contributed by atoms with Gasteiger partial charge >= 0.3 is 5.97 Å². The number of rotatable bonds is 5. The lowest BCUT2D eigenvalue weighted by Gasteiger charge is -2.24. The fourth-order valence-corrected chi connectivity index (χ4v) is 2.42. The molecule has 0 aromatic carbocycles. The van der Waals surface area contributed by atoms with Gasteiger partial charge in [0.25, 0.3) is 0 Å². The Bertz CT molecular complexity index is 637. The average molecular weight is 289 g/mol. The van der Waals surface area contributed by atoms with E-state index in [0.29, 0.717) is 23.6 Å². The molecule has 110 valence electrons. The molecule has 2 aromatic rings. The molecular formula is C15H16FN3O2. The predicted octanol–water partition coefficient (Wildman–Crippen LogP) is 2.61. The number of hydrogen-bond acceptors (Lipinski definition) is 4. The summed E-state index contributed by atoms with van der Waals surface area (Å²) in [6.45, 7) is 0.116. The summed E-state index contributed by atoms with van der Waals surface area (Å²) in [7, 11) is 0. The van der Waals surface area contributed by atoms with Gasteiger partial charge in [-0.3, -0.25) is 5.10 Å². The second-order valence-corrected chi connectivity index (χ2v) is 5.17. The summed E-state index contributed by atoms with van der Waals surface area (Å²) in [4.78, 5) is 15.6. The molecule has 0 radical (unpaired) electrons. The summed E-state index contributed by atoms with van der Waals surface area (Å²) in [6.07, 6.45) is 6.74. The number of aromatic nitrogens is 3. The SMILES string of the molecule is O=C(OCCc1cccnc1F)c1[nH]ncc1C1CCC1. The molecule has 0 atom stereocenters. The molecule has 5 nitrogen and oxygen atoms in total. The van der Waals surface area contributed by atoms with Crippen molar-refractivity contribution in [3.63, 3.8) is 0 Å². The topological polar surface area (TPSA) is 67.9 Å². The fourth-order valence-electron chi connectivity index (χ4n) is 2.42. The molecule has 6 heteroatoms. The maximum Gasteiger partial charge on any atom is 0.356 e. The normalized spacial score (nSPS) is 14.7. The van der Waals surface area contributed by atoms with Gasteiger partial charge in [-0.05, 0) is 24.8 Å². The molecule has 0 saturated heterocycles. The lowest BCUT2D eigenvalue weighted by atomic mass is 9.80. The Hall–Kier alpha value is -2.24. The van der Waals surface area contributed by atoms with Gasteiger partial charge in [0, 0.05) is 23.7 Å².